The van der Waals surface area contributed by atoms with E-state index in [9.17, 15) is 9.18 Å². The van der Waals surface area contributed by atoms with Crippen LogP contribution < -0.4 is 10.6 Å². The van der Waals surface area contributed by atoms with Crippen LogP contribution in [0.2, 0.25) is 0 Å². The van der Waals surface area contributed by atoms with E-state index in [1.807, 2.05) is 12.1 Å². The van der Waals surface area contributed by atoms with Crippen LogP contribution >= 0.6 is 0 Å². The molecule has 3 rings (SSSR count). The number of carbonyl (C=O) groups is 1. The Bertz CT molecular complexity index is 684. The number of benzene rings is 2. The monoisotopic (exact) mass is 284 g/mol. The fourth-order valence-electron chi connectivity index (χ4n) is 2.74. The van der Waals surface area contributed by atoms with Gasteiger partial charge in [0.25, 0.3) is 0 Å². The maximum absolute atomic E-state index is 13.9. The fourth-order valence-corrected chi connectivity index (χ4v) is 2.74. The van der Waals surface area contributed by atoms with Crippen LogP contribution in [0.1, 0.15) is 24.0 Å². The van der Waals surface area contributed by atoms with Crippen LogP contribution in [-0.4, -0.2) is 5.91 Å². The molecule has 21 heavy (non-hydrogen) atoms. The van der Waals surface area contributed by atoms with Crippen molar-refractivity contribution in [2.24, 2.45) is 0 Å². The van der Waals surface area contributed by atoms with Gasteiger partial charge in [-0.3, -0.25) is 4.79 Å². The average Bonchev–Trinajstić information content (AvgIpc) is 2.61. The summed E-state index contributed by atoms with van der Waals surface area (Å²) in [6.07, 6.45) is 2.09. The van der Waals surface area contributed by atoms with Gasteiger partial charge in [0.2, 0.25) is 5.91 Å². The predicted molar refractivity (Wildman–Crippen MR) is 81.4 cm³/mol. The summed E-state index contributed by atoms with van der Waals surface area (Å²) in [4.78, 5) is 14.0. The van der Waals surface area contributed by atoms with Gasteiger partial charge in [-0.05, 0) is 42.7 Å². The van der Waals surface area contributed by atoms with E-state index in [0.717, 1.165) is 24.1 Å². The Morgan fingerprint density at radius 3 is 2.76 bits per heavy atom. The Morgan fingerprint density at radius 1 is 1.14 bits per heavy atom. The molecule has 0 bridgehead atoms. The summed E-state index contributed by atoms with van der Waals surface area (Å²) in [5.41, 5.74) is 8.93. The minimum atomic E-state index is -0.286. The highest BCUT2D eigenvalue weighted by molar-refractivity contribution is 5.95. The van der Waals surface area contributed by atoms with Gasteiger partial charge < -0.3 is 10.6 Å². The van der Waals surface area contributed by atoms with Crippen molar-refractivity contribution in [1.82, 2.24) is 0 Å². The predicted octanol–water partition coefficient (Wildman–Crippen LogP) is 3.28. The van der Waals surface area contributed by atoms with Crippen molar-refractivity contribution in [3.05, 3.63) is 59.4 Å². The van der Waals surface area contributed by atoms with Crippen LogP contribution in [0.25, 0.3) is 0 Å². The van der Waals surface area contributed by atoms with Gasteiger partial charge in [0.15, 0.2) is 0 Å². The van der Waals surface area contributed by atoms with Gasteiger partial charge >= 0.3 is 0 Å². The molecule has 1 aliphatic rings. The summed E-state index contributed by atoms with van der Waals surface area (Å²) in [5, 5.41) is 0. The molecule has 0 fully saturated rings. The molecule has 1 amide bonds. The third-order valence-corrected chi connectivity index (χ3v) is 3.82. The second-order valence-corrected chi connectivity index (χ2v) is 5.31. The number of rotatable bonds is 2. The van der Waals surface area contributed by atoms with E-state index in [1.165, 1.54) is 6.07 Å². The molecule has 0 aromatic heterocycles. The highest BCUT2D eigenvalue weighted by Crippen LogP contribution is 2.30. The molecule has 0 radical (unpaired) electrons. The van der Waals surface area contributed by atoms with Crippen molar-refractivity contribution in [1.29, 1.82) is 0 Å². The Labute approximate surface area is 123 Å². The first-order chi connectivity index (χ1) is 10.1. The normalized spacial score (nSPS) is 14.7. The molecule has 3 nitrogen and oxygen atoms in total. The van der Waals surface area contributed by atoms with Crippen LogP contribution in [0.15, 0.2) is 42.5 Å². The molecule has 1 aliphatic heterocycles. The lowest BCUT2D eigenvalue weighted by Gasteiger charge is -2.23. The van der Waals surface area contributed by atoms with E-state index in [0.29, 0.717) is 17.7 Å². The van der Waals surface area contributed by atoms with Gasteiger partial charge in [-0.1, -0.05) is 18.2 Å². The van der Waals surface area contributed by atoms with E-state index in [4.69, 9.17) is 5.73 Å². The van der Waals surface area contributed by atoms with Crippen LogP contribution in [0.5, 0.6) is 0 Å². The molecular formula is C17H17FN2O. The largest absolute Gasteiger partial charge is 0.399 e. The number of nitrogens with two attached hydrogens (primary N) is 1. The molecular weight excluding hydrogens is 267 g/mol. The molecule has 4 heteroatoms. The summed E-state index contributed by atoms with van der Waals surface area (Å²) in [7, 11) is 0. The lowest BCUT2D eigenvalue weighted by atomic mass is 10.1. The number of carbonyl (C=O) groups excluding carboxylic acids is 1. The van der Waals surface area contributed by atoms with Crippen molar-refractivity contribution < 1.29 is 9.18 Å². The third-order valence-electron chi connectivity index (χ3n) is 3.82. The van der Waals surface area contributed by atoms with Gasteiger partial charge in [0.05, 0.1) is 6.54 Å². The highest BCUT2D eigenvalue weighted by atomic mass is 19.1. The van der Waals surface area contributed by atoms with Crippen molar-refractivity contribution in [3.63, 3.8) is 0 Å². The Morgan fingerprint density at radius 2 is 1.95 bits per heavy atom. The lowest BCUT2D eigenvalue weighted by molar-refractivity contribution is -0.118. The Balaban J connectivity index is 2.00. The maximum atomic E-state index is 13.9. The van der Waals surface area contributed by atoms with E-state index in [1.54, 1.807) is 29.2 Å². The molecule has 0 unspecified atom stereocenters. The number of fused-ring (bicyclic) bond motifs is 1. The highest BCUT2D eigenvalue weighted by Gasteiger charge is 2.23. The van der Waals surface area contributed by atoms with Crippen molar-refractivity contribution in [2.75, 3.05) is 10.6 Å². The SMILES string of the molecule is Nc1ccc2c(c1)CCCC(=O)N2Cc1ccccc1F. The first-order valence-electron chi connectivity index (χ1n) is 7.07. The molecule has 1 heterocycles. The molecule has 0 saturated heterocycles. The number of amides is 1. The average molecular weight is 284 g/mol. The zero-order chi connectivity index (χ0) is 14.8. The number of aryl methyl sites for hydroxylation is 1. The summed E-state index contributed by atoms with van der Waals surface area (Å²) in [5.74, 6) is -0.256. The topological polar surface area (TPSA) is 46.3 Å². The standard InChI is InChI=1S/C17H17FN2O/c18-15-6-2-1-4-13(15)11-20-16-9-8-14(19)10-12(16)5-3-7-17(20)21/h1-2,4,6,8-10H,3,5,7,11,19H2. The van der Waals surface area contributed by atoms with Crippen molar-refractivity contribution >= 4 is 17.3 Å². The van der Waals surface area contributed by atoms with Gasteiger partial charge in [-0.15, -0.1) is 0 Å². The van der Waals surface area contributed by atoms with Crippen molar-refractivity contribution in [2.45, 2.75) is 25.8 Å². The van der Waals surface area contributed by atoms with E-state index < -0.39 is 0 Å². The summed E-state index contributed by atoms with van der Waals surface area (Å²) < 4.78 is 13.9. The summed E-state index contributed by atoms with van der Waals surface area (Å²) in [6, 6.07) is 12.1. The van der Waals surface area contributed by atoms with Gasteiger partial charge in [0, 0.05) is 23.4 Å². The Kier molecular flexibility index (Phi) is 3.60. The number of hydrogen-bond acceptors (Lipinski definition) is 2. The summed E-state index contributed by atoms with van der Waals surface area (Å²) >= 11 is 0. The van der Waals surface area contributed by atoms with Gasteiger partial charge in [-0.2, -0.15) is 0 Å². The van der Waals surface area contributed by atoms with Crippen LogP contribution in [0, 0.1) is 5.82 Å². The van der Waals surface area contributed by atoms with Gasteiger partial charge in [-0.25, -0.2) is 4.39 Å². The first kappa shape index (κ1) is 13.6. The summed E-state index contributed by atoms with van der Waals surface area (Å²) in [6.45, 7) is 0.252. The third kappa shape index (κ3) is 2.75. The van der Waals surface area contributed by atoms with Crippen LogP contribution in [-0.2, 0) is 17.8 Å². The second-order valence-electron chi connectivity index (χ2n) is 5.31. The number of hydrogen-bond donors (Lipinski definition) is 1. The minimum Gasteiger partial charge on any atom is -0.399 e. The minimum absolute atomic E-state index is 0.0294. The molecule has 0 saturated carbocycles. The molecule has 108 valence electrons. The molecule has 0 spiro atoms. The van der Waals surface area contributed by atoms with Gasteiger partial charge in [0.1, 0.15) is 5.82 Å². The Hall–Kier alpha value is -2.36. The molecule has 2 N–H and O–H groups in total. The number of anilines is 2. The number of halogens is 1. The number of nitrogens with zero attached hydrogens (tertiary/aromatic N) is 1. The first-order valence-corrected chi connectivity index (χ1v) is 7.07. The van der Waals surface area contributed by atoms with E-state index in [-0.39, 0.29) is 18.3 Å². The fraction of sp³-hybridized carbons (Fsp3) is 0.235. The van der Waals surface area contributed by atoms with E-state index >= 15 is 0 Å². The molecule has 2 aromatic rings. The van der Waals surface area contributed by atoms with Crippen molar-refractivity contribution in [3.8, 4) is 0 Å². The second kappa shape index (κ2) is 5.56. The molecule has 0 aliphatic carbocycles. The smallest absolute Gasteiger partial charge is 0.227 e. The zero-order valence-corrected chi connectivity index (χ0v) is 11.7. The lowest BCUT2D eigenvalue weighted by Crippen LogP contribution is -2.30. The maximum Gasteiger partial charge on any atom is 0.227 e. The van der Waals surface area contributed by atoms with Crippen LogP contribution in [0.4, 0.5) is 15.8 Å². The van der Waals surface area contributed by atoms with Crippen LogP contribution in [0.3, 0.4) is 0 Å². The molecule has 0 atom stereocenters. The zero-order valence-electron chi connectivity index (χ0n) is 11.7. The van der Waals surface area contributed by atoms with E-state index in [2.05, 4.69) is 0 Å². The number of nitrogen functional groups attached to an aromatic ring is 1. The quantitative estimate of drug-likeness (QED) is 0.860. The molecule has 2 aromatic carbocycles.